The third kappa shape index (κ3) is 4.27. The fraction of sp³-hybridized carbons (Fsp3) is 0.100. The topological polar surface area (TPSA) is 101 Å². The fourth-order valence-corrected chi connectivity index (χ4v) is 2.47. The molecule has 1 aromatic heterocycles. The Morgan fingerprint density at radius 1 is 0.963 bits per heavy atom. The van der Waals surface area contributed by atoms with Gasteiger partial charge in [-0.15, -0.1) is 0 Å². The van der Waals surface area contributed by atoms with Crippen molar-refractivity contribution in [3.63, 3.8) is 0 Å². The van der Waals surface area contributed by atoms with E-state index in [0.29, 0.717) is 22.4 Å². The van der Waals surface area contributed by atoms with Crippen molar-refractivity contribution < 1.29 is 19.4 Å². The summed E-state index contributed by atoms with van der Waals surface area (Å²) in [6, 6.07) is 11.9. The molecule has 0 atom stereocenters. The van der Waals surface area contributed by atoms with E-state index in [1.165, 1.54) is 31.6 Å². The lowest BCUT2D eigenvalue weighted by molar-refractivity contribution is 0.0696. The molecule has 2 N–H and O–H groups in total. The number of carboxylic acid groups (broad SMARTS) is 1. The molecule has 0 unspecified atom stereocenters. The summed E-state index contributed by atoms with van der Waals surface area (Å²) in [7, 11) is 1.46. The molecule has 0 aliphatic carbocycles. The van der Waals surface area contributed by atoms with Crippen LogP contribution in [-0.4, -0.2) is 34.1 Å². The van der Waals surface area contributed by atoms with Crippen LogP contribution >= 0.6 is 0 Å². The van der Waals surface area contributed by atoms with Gasteiger partial charge in [-0.3, -0.25) is 4.79 Å². The number of nitrogens with zero attached hydrogens (tertiary/aromatic N) is 2. The van der Waals surface area contributed by atoms with Gasteiger partial charge in [0.05, 0.1) is 12.7 Å². The van der Waals surface area contributed by atoms with Crippen LogP contribution in [0, 0.1) is 6.92 Å². The van der Waals surface area contributed by atoms with Crippen molar-refractivity contribution in [3.8, 4) is 17.1 Å². The van der Waals surface area contributed by atoms with E-state index in [2.05, 4.69) is 15.3 Å². The molecule has 0 aliphatic heterocycles. The lowest BCUT2D eigenvalue weighted by Gasteiger charge is -2.10. The van der Waals surface area contributed by atoms with Crippen LogP contribution in [0.3, 0.4) is 0 Å². The first kappa shape index (κ1) is 18.1. The first-order valence-corrected chi connectivity index (χ1v) is 8.09. The molecule has 0 bridgehead atoms. The molecule has 0 saturated carbocycles. The van der Waals surface area contributed by atoms with Crippen LogP contribution in [0.5, 0.6) is 6.01 Å². The van der Waals surface area contributed by atoms with E-state index in [1.807, 2.05) is 19.1 Å². The number of ether oxygens (including phenoxy) is 1. The average molecular weight is 363 g/mol. The number of aromatic carboxylic acids is 1. The molecule has 0 aliphatic rings. The van der Waals surface area contributed by atoms with Crippen LogP contribution in [0.4, 0.5) is 5.69 Å². The van der Waals surface area contributed by atoms with E-state index >= 15 is 0 Å². The number of benzene rings is 2. The number of carbonyl (C=O) groups excluding carboxylic acids is 1. The summed E-state index contributed by atoms with van der Waals surface area (Å²) in [6.45, 7) is 1.93. The molecule has 3 aromatic rings. The van der Waals surface area contributed by atoms with Gasteiger partial charge in [0.2, 0.25) is 0 Å². The fourth-order valence-electron chi connectivity index (χ4n) is 2.47. The Bertz CT molecular complexity index is 983. The maximum atomic E-state index is 12.4. The molecule has 0 saturated heterocycles. The Morgan fingerprint density at radius 2 is 1.63 bits per heavy atom. The van der Waals surface area contributed by atoms with Crippen LogP contribution < -0.4 is 10.1 Å². The van der Waals surface area contributed by atoms with E-state index in [9.17, 15) is 14.7 Å². The third-order valence-electron chi connectivity index (χ3n) is 3.90. The first-order chi connectivity index (χ1) is 13.0. The van der Waals surface area contributed by atoms with Gasteiger partial charge in [0.25, 0.3) is 5.91 Å². The number of amides is 1. The minimum atomic E-state index is -1.10. The lowest BCUT2D eigenvalue weighted by atomic mass is 10.0. The van der Waals surface area contributed by atoms with Gasteiger partial charge in [0, 0.05) is 29.2 Å². The quantitative estimate of drug-likeness (QED) is 0.720. The number of carboxylic acids is 1. The summed E-state index contributed by atoms with van der Waals surface area (Å²) < 4.78 is 4.93. The number of nitrogens with one attached hydrogen (secondary N) is 1. The predicted molar refractivity (Wildman–Crippen MR) is 100 cm³/mol. The Morgan fingerprint density at radius 3 is 2.22 bits per heavy atom. The largest absolute Gasteiger partial charge is 0.478 e. The maximum Gasteiger partial charge on any atom is 0.335 e. The van der Waals surface area contributed by atoms with Gasteiger partial charge >= 0.3 is 12.0 Å². The number of rotatable bonds is 5. The number of methoxy groups -OCH3 is 1. The SMILES string of the molecule is COc1ncc(-c2cc(NC(=O)c3ccc(C)cc3)cc(C(=O)O)c2)cn1. The standard InChI is InChI=1S/C20H17N3O4/c1-12-3-5-13(6-4-12)18(24)23-17-8-14(7-15(9-17)19(25)26)16-10-21-20(27-2)22-11-16/h3-11H,1-2H3,(H,23,24)(H,25,26). The molecule has 1 heterocycles. The zero-order chi connectivity index (χ0) is 19.4. The van der Waals surface area contributed by atoms with Crippen molar-refractivity contribution in [1.29, 1.82) is 0 Å². The highest BCUT2D eigenvalue weighted by Crippen LogP contribution is 2.25. The summed E-state index contributed by atoms with van der Waals surface area (Å²) in [5, 5.41) is 12.1. The van der Waals surface area contributed by atoms with E-state index < -0.39 is 5.97 Å². The van der Waals surface area contributed by atoms with Gasteiger partial charge in [-0.05, 0) is 42.8 Å². The van der Waals surface area contributed by atoms with E-state index in [0.717, 1.165) is 5.56 Å². The zero-order valence-corrected chi connectivity index (χ0v) is 14.8. The number of aromatic nitrogens is 2. The molecule has 0 fully saturated rings. The van der Waals surface area contributed by atoms with Crippen molar-refractivity contribution in [3.05, 3.63) is 71.5 Å². The number of aryl methyl sites for hydroxylation is 1. The second-order valence-electron chi connectivity index (χ2n) is 5.88. The van der Waals surface area contributed by atoms with Gasteiger partial charge in [-0.1, -0.05) is 17.7 Å². The smallest absolute Gasteiger partial charge is 0.335 e. The summed E-state index contributed by atoms with van der Waals surface area (Å²) in [4.78, 5) is 32.0. The number of carbonyl (C=O) groups is 2. The van der Waals surface area contributed by atoms with Gasteiger partial charge in [0.15, 0.2) is 0 Å². The van der Waals surface area contributed by atoms with Crippen molar-refractivity contribution >= 4 is 17.6 Å². The molecule has 0 spiro atoms. The Balaban J connectivity index is 1.94. The molecule has 3 rings (SSSR count). The van der Waals surface area contributed by atoms with Crippen LogP contribution in [0.25, 0.3) is 11.1 Å². The van der Waals surface area contributed by atoms with Crippen molar-refractivity contribution in [1.82, 2.24) is 9.97 Å². The molecule has 2 aromatic carbocycles. The Hall–Kier alpha value is -3.74. The highest BCUT2D eigenvalue weighted by Gasteiger charge is 2.12. The predicted octanol–water partition coefficient (Wildman–Crippen LogP) is 3.41. The molecule has 1 amide bonds. The lowest BCUT2D eigenvalue weighted by Crippen LogP contribution is -2.12. The molecule has 136 valence electrons. The van der Waals surface area contributed by atoms with Crippen molar-refractivity contribution in [2.24, 2.45) is 0 Å². The molecule has 7 heteroatoms. The van der Waals surface area contributed by atoms with Gasteiger partial charge in [-0.25, -0.2) is 14.8 Å². The molecule has 7 nitrogen and oxygen atoms in total. The highest BCUT2D eigenvalue weighted by molar-refractivity contribution is 6.05. The van der Waals surface area contributed by atoms with E-state index in [4.69, 9.17) is 4.74 Å². The summed E-state index contributed by atoms with van der Waals surface area (Å²) >= 11 is 0. The van der Waals surface area contributed by atoms with Crippen LogP contribution in [0.1, 0.15) is 26.3 Å². The van der Waals surface area contributed by atoms with Gasteiger partial charge in [0.1, 0.15) is 0 Å². The average Bonchev–Trinajstić information content (AvgIpc) is 2.68. The summed E-state index contributed by atoms with van der Waals surface area (Å²) in [5.74, 6) is -1.42. The van der Waals surface area contributed by atoms with E-state index in [-0.39, 0.29) is 17.5 Å². The molecular weight excluding hydrogens is 346 g/mol. The second kappa shape index (κ2) is 7.65. The maximum absolute atomic E-state index is 12.4. The number of anilines is 1. The highest BCUT2D eigenvalue weighted by atomic mass is 16.5. The Labute approximate surface area is 155 Å². The third-order valence-corrected chi connectivity index (χ3v) is 3.90. The second-order valence-corrected chi connectivity index (χ2v) is 5.88. The molecule has 27 heavy (non-hydrogen) atoms. The number of hydrogen-bond acceptors (Lipinski definition) is 5. The van der Waals surface area contributed by atoms with Crippen LogP contribution in [-0.2, 0) is 0 Å². The monoisotopic (exact) mass is 363 g/mol. The molecule has 0 radical (unpaired) electrons. The Kier molecular flexibility index (Phi) is 5.12. The van der Waals surface area contributed by atoms with Gasteiger partial charge in [-0.2, -0.15) is 0 Å². The number of hydrogen-bond donors (Lipinski definition) is 2. The first-order valence-electron chi connectivity index (χ1n) is 8.09. The van der Waals surface area contributed by atoms with Crippen LogP contribution in [0.2, 0.25) is 0 Å². The summed E-state index contributed by atoms with van der Waals surface area (Å²) in [6.07, 6.45) is 3.05. The van der Waals surface area contributed by atoms with Crippen molar-refractivity contribution in [2.75, 3.05) is 12.4 Å². The van der Waals surface area contributed by atoms with Crippen molar-refractivity contribution in [2.45, 2.75) is 6.92 Å². The van der Waals surface area contributed by atoms with Crippen LogP contribution in [0.15, 0.2) is 54.9 Å². The minimum Gasteiger partial charge on any atom is -0.478 e. The minimum absolute atomic E-state index is 0.0440. The van der Waals surface area contributed by atoms with Gasteiger partial charge < -0.3 is 15.2 Å². The normalized spacial score (nSPS) is 10.3. The molecular formula is C20H17N3O4. The summed E-state index contributed by atoms with van der Waals surface area (Å²) in [5.41, 5.74) is 3.10. The zero-order valence-electron chi connectivity index (χ0n) is 14.8. The van der Waals surface area contributed by atoms with E-state index in [1.54, 1.807) is 18.2 Å².